The molecule has 1 unspecified atom stereocenters. The summed E-state index contributed by atoms with van der Waals surface area (Å²) in [6.07, 6.45) is 0.328. The molecular formula is C26H30N6O3S2. The van der Waals surface area contributed by atoms with Crippen molar-refractivity contribution >= 4 is 37.4 Å². The van der Waals surface area contributed by atoms with Crippen molar-refractivity contribution < 1.29 is 13.2 Å². The van der Waals surface area contributed by atoms with Gasteiger partial charge < -0.3 is 21.5 Å². The molecule has 1 aromatic heterocycles. The van der Waals surface area contributed by atoms with Gasteiger partial charge in [0.1, 0.15) is 16.6 Å². The van der Waals surface area contributed by atoms with Crippen LogP contribution in [0, 0.1) is 5.41 Å². The summed E-state index contributed by atoms with van der Waals surface area (Å²) in [5.41, 5.74) is 14.2. The van der Waals surface area contributed by atoms with E-state index in [0.29, 0.717) is 42.4 Å². The van der Waals surface area contributed by atoms with Gasteiger partial charge >= 0.3 is 0 Å². The number of rotatable bonds is 12. The number of nitrogen functional groups attached to an aromatic ring is 1. The molecule has 11 heteroatoms. The number of thiazole rings is 1. The monoisotopic (exact) mass is 538 g/mol. The molecule has 194 valence electrons. The Morgan fingerprint density at radius 2 is 1.89 bits per heavy atom. The number of aromatic nitrogens is 1. The molecule has 9 nitrogen and oxygen atoms in total. The van der Waals surface area contributed by atoms with E-state index in [0.717, 1.165) is 21.3 Å². The lowest BCUT2D eigenvalue weighted by Gasteiger charge is -2.18. The van der Waals surface area contributed by atoms with Gasteiger partial charge in [0, 0.05) is 25.2 Å². The number of hydrogen-bond acceptors (Lipinski definition) is 8. The maximum Gasteiger partial charge on any atom is 0.241 e. The quantitative estimate of drug-likeness (QED) is 0.105. The lowest BCUT2D eigenvalue weighted by Crippen LogP contribution is -2.30. The van der Waals surface area contributed by atoms with Crippen molar-refractivity contribution in [3.63, 3.8) is 0 Å². The van der Waals surface area contributed by atoms with Crippen LogP contribution < -0.4 is 26.2 Å². The fraction of sp³-hybridized carbons (Fsp3) is 0.231. The molecular weight excluding hydrogens is 508 g/mol. The van der Waals surface area contributed by atoms with Crippen molar-refractivity contribution in [1.82, 2.24) is 15.0 Å². The molecule has 0 amide bonds. The number of nitrogens with zero attached hydrogens (tertiary/aromatic N) is 1. The van der Waals surface area contributed by atoms with Gasteiger partial charge in [0.15, 0.2) is 0 Å². The normalized spacial score (nSPS) is 12.5. The van der Waals surface area contributed by atoms with Gasteiger partial charge in [0.05, 0.1) is 28.3 Å². The third kappa shape index (κ3) is 6.70. The Balaban J connectivity index is 1.68. The SMILES string of the molecule is COc1ccc2nc(C(Cc3cccc(C(=N)N)c3)NS(=O)(=O)c3cccc(CNCCN)c3)sc2c1. The van der Waals surface area contributed by atoms with E-state index < -0.39 is 16.1 Å². The van der Waals surface area contributed by atoms with Gasteiger partial charge in [-0.05, 0) is 53.9 Å². The van der Waals surface area contributed by atoms with E-state index in [1.165, 1.54) is 11.3 Å². The van der Waals surface area contributed by atoms with Crippen LogP contribution in [0.25, 0.3) is 10.2 Å². The van der Waals surface area contributed by atoms with Crippen molar-refractivity contribution in [2.24, 2.45) is 11.5 Å². The van der Waals surface area contributed by atoms with Crippen molar-refractivity contribution in [3.05, 3.63) is 88.4 Å². The Morgan fingerprint density at radius 1 is 1.11 bits per heavy atom. The fourth-order valence-corrected chi connectivity index (χ4v) is 6.28. The lowest BCUT2D eigenvalue weighted by molar-refractivity contribution is 0.415. The molecule has 0 aliphatic heterocycles. The molecule has 0 saturated heterocycles. The lowest BCUT2D eigenvalue weighted by atomic mass is 10.0. The van der Waals surface area contributed by atoms with Gasteiger partial charge in [-0.1, -0.05) is 30.3 Å². The highest BCUT2D eigenvalue weighted by Gasteiger charge is 2.25. The fourth-order valence-electron chi connectivity index (χ4n) is 3.89. The molecule has 4 aromatic rings. The Bertz CT molecular complexity index is 1500. The van der Waals surface area contributed by atoms with Crippen LogP contribution in [-0.2, 0) is 23.0 Å². The third-order valence-electron chi connectivity index (χ3n) is 5.74. The number of ether oxygens (including phenoxy) is 1. The summed E-state index contributed by atoms with van der Waals surface area (Å²) in [7, 11) is -2.29. The molecule has 3 aromatic carbocycles. The predicted octanol–water partition coefficient (Wildman–Crippen LogP) is 2.90. The zero-order valence-electron chi connectivity index (χ0n) is 20.4. The standard InChI is InChI=1S/C26H30N6O3S2/c1-35-20-8-9-22-24(15-20)36-26(31-22)23(14-17-4-2-6-19(12-17)25(28)29)32-37(33,34)21-7-3-5-18(13-21)16-30-11-10-27/h2-9,12-13,15,23,30,32H,10-11,14,16,27H2,1H3,(H3,28,29). The molecule has 1 atom stereocenters. The van der Waals surface area contributed by atoms with Crippen LogP contribution in [0.3, 0.4) is 0 Å². The number of amidine groups is 1. The molecule has 0 aliphatic rings. The number of hydrogen-bond donors (Lipinski definition) is 5. The van der Waals surface area contributed by atoms with Gasteiger partial charge in [0.25, 0.3) is 0 Å². The van der Waals surface area contributed by atoms with Crippen LogP contribution in [0.2, 0.25) is 0 Å². The first kappa shape index (κ1) is 26.7. The first-order valence-electron chi connectivity index (χ1n) is 11.7. The van der Waals surface area contributed by atoms with Gasteiger partial charge in [0.2, 0.25) is 10.0 Å². The maximum atomic E-state index is 13.5. The topological polar surface area (TPSA) is 156 Å². The summed E-state index contributed by atoms with van der Waals surface area (Å²) in [4.78, 5) is 4.91. The number of fused-ring (bicyclic) bond motifs is 1. The van der Waals surface area contributed by atoms with Crippen LogP contribution in [0.4, 0.5) is 0 Å². The minimum Gasteiger partial charge on any atom is -0.497 e. The van der Waals surface area contributed by atoms with E-state index in [2.05, 4.69) is 10.0 Å². The highest BCUT2D eigenvalue weighted by atomic mass is 32.2. The minimum atomic E-state index is -3.89. The van der Waals surface area contributed by atoms with Crippen LogP contribution >= 0.6 is 11.3 Å². The number of nitrogens with two attached hydrogens (primary N) is 2. The van der Waals surface area contributed by atoms with E-state index in [4.69, 9.17) is 26.6 Å². The Morgan fingerprint density at radius 3 is 2.65 bits per heavy atom. The van der Waals surface area contributed by atoms with Crippen molar-refractivity contribution in [3.8, 4) is 5.75 Å². The van der Waals surface area contributed by atoms with Crippen LogP contribution in [0.5, 0.6) is 5.75 Å². The number of nitrogens with one attached hydrogen (secondary N) is 3. The third-order valence-corrected chi connectivity index (χ3v) is 8.35. The summed E-state index contributed by atoms with van der Waals surface area (Å²) in [5, 5.41) is 11.6. The summed E-state index contributed by atoms with van der Waals surface area (Å²) in [6, 6.07) is 19.0. The molecule has 37 heavy (non-hydrogen) atoms. The van der Waals surface area contributed by atoms with Crippen LogP contribution in [-0.4, -0.2) is 39.4 Å². The van der Waals surface area contributed by atoms with Crippen molar-refractivity contribution in [1.29, 1.82) is 5.41 Å². The van der Waals surface area contributed by atoms with E-state index in [1.54, 1.807) is 43.5 Å². The van der Waals surface area contributed by atoms with E-state index in [9.17, 15) is 8.42 Å². The largest absolute Gasteiger partial charge is 0.497 e. The maximum absolute atomic E-state index is 13.5. The Labute approximate surface area is 220 Å². The Hall–Kier alpha value is -3.35. The zero-order valence-corrected chi connectivity index (χ0v) is 22.0. The predicted molar refractivity (Wildman–Crippen MR) is 148 cm³/mol. The van der Waals surface area contributed by atoms with E-state index in [1.807, 2.05) is 30.3 Å². The molecule has 0 bridgehead atoms. The zero-order chi connectivity index (χ0) is 26.4. The highest BCUT2D eigenvalue weighted by Crippen LogP contribution is 2.32. The number of benzene rings is 3. The minimum absolute atomic E-state index is 0.0499. The second-order valence-corrected chi connectivity index (χ2v) is 11.3. The highest BCUT2D eigenvalue weighted by molar-refractivity contribution is 7.89. The van der Waals surface area contributed by atoms with E-state index in [-0.39, 0.29) is 10.7 Å². The van der Waals surface area contributed by atoms with Crippen LogP contribution in [0.1, 0.15) is 27.7 Å². The summed E-state index contributed by atoms with van der Waals surface area (Å²) >= 11 is 1.41. The van der Waals surface area contributed by atoms with Gasteiger partial charge in [-0.3, -0.25) is 5.41 Å². The summed E-state index contributed by atoms with van der Waals surface area (Å²) < 4.78 is 36.2. The molecule has 0 spiro atoms. The first-order valence-corrected chi connectivity index (χ1v) is 14.0. The van der Waals surface area contributed by atoms with Crippen LogP contribution in [0.15, 0.2) is 71.6 Å². The second-order valence-electron chi connectivity index (χ2n) is 8.49. The molecule has 0 saturated carbocycles. The van der Waals surface area contributed by atoms with Crippen molar-refractivity contribution in [2.75, 3.05) is 20.2 Å². The Kier molecular flexibility index (Phi) is 8.52. The number of sulfonamides is 1. The average Bonchev–Trinajstić information content (AvgIpc) is 3.32. The van der Waals surface area contributed by atoms with Gasteiger partial charge in [-0.2, -0.15) is 0 Å². The smallest absolute Gasteiger partial charge is 0.241 e. The van der Waals surface area contributed by atoms with Gasteiger partial charge in [-0.15, -0.1) is 11.3 Å². The second kappa shape index (κ2) is 11.8. The molecule has 7 N–H and O–H groups in total. The molecule has 0 aliphatic carbocycles. The molecule has 4 rings (SSSR count). The molecule has 0 fully saturated rings. The summed E-state index contributed by atoms with van der Waals surface area (Å²) in [6.45, 7) is 1.65. The number of methoxy groups -OCH3 is 1. The average molecular weight is 539 g/mol. The molecule has 1 heterocycles. The first-order chi connectivity index (χ1) is 17.8. The summed E-state index contributed by atoms with van der Waals surface area (Å²) in [5.74, 6) is 0.653. The molecule has 0 radical (unpaired) electrons. The van der Waals surface area contributed by atoms with Crippen molar-refractivity contribution in [2.45, 2.75) is 23.9 Å². The van der Waals surface area contributed by atoms with Gasteiger partial charge in [-0.25, -0.2) is 18.1 Å². The van der Waals surface area contributed by atoms with E-state index >= 15 is 0 Å².